The molecule has 1 fully saturated rings. The summed E-state index contributed by atoms with van der Waals surface area (Å²) in [6, 6.07) is 6.44. The van der Waals surface area contributed by atoms with E-state index in [0.29, 0.717) is 0 Å². The van der Waals surface area contributed by atoms with Gasteiger partial charge in [-0.15, -0.1) is 0 Å². The molecule has 0 radical (unpaired) electrons. The van der Waals surface area contributed by atoms with Gasteiger partial charge in [0.25, 0.3) is 0 Å². The second-order valence-electron chi connectivity index (χ2n) is 4.94. The second kappa shape index (κ2) is 5.87. The van der Waals surface area contributed by atoms with Gasteiger partial charge in [0.2, 0.25) is 0 Å². The van der Waals surface area contributed by atoms with Crippen LogP contribution in [0, 0.1) is 0 Å². The summed E-state index contributed by atoms with van der Waals surface area (Å²) in [4.78, 5) is 13.4. The van der Waals surface area contributed by atoms with E-state index in [9.17, 15) is 0 Å². The number of hydrogen-bond donors (Lipinski definition) is 0. The highest BCUT2D eigenvalue weighted by Crippen LogP contribution is 2.22. The molecular weight excluding hydrogens is 236 g/mol. The normalized spacial score (nSPS) is 17.5. The second-order valence-corrected chi connectivity index (χ2v) is 4.94. The van der Waals surface area contributed by atoms with Gasteiger partial charge in [-0.25, -0.2) is 4.98 Å². The van der Waals surface area contributed by atoms with Crippen molar-refractivity contribution in [2.75, 3.05) is 25.0 Å². The zero-order valence-electron chi connectivity index (χ0n) is 12.0. The van der Waals surface area contributed by atoms with Crippen molar-refractivity contribution in [3.8, 4) is 0 Å². The minimum atomic E-state index is 0.275. The van der Waals surface area contributed by atoms with E-state index in [2.05, 4.69) is 47.5 Å². The summed E-state index contributed by atoms with van der Waals surface area (Å²) in [7, 11) is 2.06. The van der Waals surface area contributed by atoms with Crippen LogP contribution >= 0.6 is 0 Å². The number of nitrogens with zero attached hydrogens (tertiary/aromatic N) is 4. The van der Waals surface area contributed by atoms with E-state index in [1.165, 1.54) is 0 Å². The zero-order valence-corrected chi connectivity index (χ0v) is 12.0. The summed E-state index contributed by atoms with van der Waals surface area (Å²) < 4.78 is 0. The van der Waals surface area contributed by atoms with E-state index < -0.39 is 0 Å². The van der Waals surface area contributed by atoms with Crippen LogP contribution < -0.4 is 4.90 Å². The van der Waals surface area contributed by atoms with E-state index in [1.54, 1.807) is 0 Å². The Kier molecular flexibility index (Phi) is 4.20. The molecule has 1 atom stereocenters. The van der Waals surface area contributed by atoms with Gasteiger partial charge in [0.1, 0.15) is 11.6 Å². The minimum Gasteiger partial charge on any atom is -0.360 e. The molecule has 1 saturated heterocycles. The maximum Gasteiger partial charge on any atom is 0.134 e. The number of aromatic nitrogens is 1. The highest BCUT2D eigenvalue weighted by molar-refractivity contribution is 5.53. The lowest BCUT2D eigenvalue weighted by Gasteiger charge is -2.20. The third kappa shape index (κ3) is 3.13. The topological polar surface area (TPSA) is 31.7 Å². The lowest BCUT2D eigenvalue weighted by atomic mass is 10.2. The van der Waals surface area contributed by atoms with Gasteiger partial charge in [-0.3, -0.25) is 4.99 Å². The Morgan fingerprint density at radius 1 is 1.47 bits per heavy atom. The molecule has 0 aliphatic carbocycles. The number of pyridine rings is 1. The summed E-state index contributed by atoms with van der Waals surface area (Å²) in [6.45, 7) is 10.1. The summed E-state index contributed by atoms with van der Waals surface area (Å²) >= 11 is 0. The number of rotatable bonds is 4. The Balaban J connectivity index is 2.13. The first-order valence-corrected chi connectivity index (χ1v) is 6.73. The quantitative estimate of drug-likeness (QED) is 0.777. The van der Waals surface area contributed by atoms with Gasteiger partial charge in [0.15, 0.2) is 0 Å². The fourth-order valence-corrected chi connectivity index (χ4v) is 2.30. The van der Waals surface area contributed by atoms with Crippen molar-refractivity contribution in [2.24, 2.45) is 4.99 Å². The van der Waals surface area contributed by atoms with Crippen LogP contribution in [0.4, 0.5) is 5.82 Å². The largest absolute Gasteiger partial charge is 0.360 e. The molecule has 2 rings (SSSR count). The number of aliphatic imine (C=N–C) groups is 1. The lowest BCUT2D eigenvalue weighted by Crippen LogP contribution is -2.20. The van der Waals surface area contributed by atoms with E-state index in [1.807, 2.05) is 19.2 Å². The van der Waals surface area contributed by atoms with Gasteiger partial charge >= 0.3 is 0 Å². The maximum atomic E-state index is 4.73. The van der Waals surface area contributed by atoms with Crippen LogP contribution in [0.1, 0.15) is 19.5 Å². The number of likely N-dealkylation sites (N-methyl/N-ethyl adjacent to an activating group) is 1. The Morgan fingerprint density at radius 2 is 2.26 bits per heavy atom. The first-order valence-electron chi connectivity index (χ1n) is 6.73. The first kappa shape index (κ1) is 13.6. The average Bonchev–Trinajstić information content (AvgIpc) is 2.70. The zero-order chi connectivity index (χ0) is 13.8. The lowest BCUT2D eigenvalue weighted by molar-refractivity contribution is 0.489. The van der Waals surface area contributed by atoms with Crippen LogP contribution in [0.3, 0.4) is 0 Å². The summed E-state index contributed by atoms with van der Waals surface area (Å²) in [5.74, 6) is 2.00. The predicted octanol–water partition coefficient (Wildman–Crippen LogP) is 2.33. The van der Waals surface area contributed by atoms with Crippen molar-refractivity contribution in [3.63, 3.8) is 0 Å². The van der Waals surface area contributed by atoms with Crippen LogP contribution in [0.2, 0.25) is 0 Å². The summed E-state index contributed by atoms with van der Waals surface area (Å²) in [5, 5.41) is 0. The highest BCUT2D eigenvalue weighted by atomic mass is 15.4. The molecule has 1 unspecified atom stereocenters. The van der Waals surface area contributed by atoms with Crippen LogP contribution in [0.25, 0.3) is 0 Å². The van der Waals surface area contributed by atoms with E-state index in [-0.39, 0.29) is 6.04 Å². The maximum absolute atomic E-state index is 4.73. The van der Waals surface area contributed by atoms with Crippen LogP contribution in [0.15, 0.2) is 35.6 Å². The van der Waals surface area contributed by atoms with Crippen molar-refractivity contribution in [1.82, 2.24) is 9.88 Å². The molecule has 0 bridgehead atoms. The van der Waals surface area contributed by atoms with E-state index >= 15 is 0 Å². The first-order chi connectivity index (χ1) is 9.11. The SMILES string of the molecule is C=C1N(C)CCN1c1cccc(CC(C)/N=C\C)n1. The van der Waals surface area contributed by atoms with Gasteiger partial charge in [0.05, 0.1) is 6.04 Å². The molecule has 2 heterocycles. The predicted molar refractivity (Wildman–Crippen MR) is 80.7 cm³/mol. The molecule has 0 saturated carbocycles. The molecule has 0 amide bonds. The summed E-state index contributed by atoms with van der Waals surface area (Å²) in [5.41, 5.74) is 1.08. The fourth-order valence-electron chi connectivity index (χ4n) is 2.30. The molecule has 102 valence electrons. The van der Waals surface area contributed by atoms with Gasteiger partial charge in [-0.05, 0) is 32.2 Å². The van der Waals surface area contributed by atoms with Gasteiger partial charge in [0, 0.05) is 32.3 Å². The molecule has 4 nitrogen and oxygen atoms in total. The van der Waals surface area contributed by atoms with E-state index in [4.69, 9.17) is 4.98 Å². The van der Waals surface area contributed by atoms with Crippen molar-refractivity contribution in [1.29, 1.82) is 0 Å². The Hall–Kier alpha value is -1.84. The Labute approximate surface area is 115 Å². The average molecular weight is 258 g/mol. The van der Waals surface area contributed by atoms with Crippen LogP contribution in [-0.4, -0.2) is 42.3 Å². The minimum absolute atomic E-state index is 0.275. The number of hydrogen-bond acceptors (Lipinski definition) is 4. The van der Waals surface area contributed by atoms with Crippen molar-refractivity contribution in [3.05, 3.63) is 36.3 Å². The van der Waals surface area contributed by atoms with Gasteiger partial charge < -0.3 is 9.80 Å². The van der Waals surface area contributed by atoms with Crippen molar-refractivity contribution < 1.29 is 0 Å². The third-order valence-electron chi connectivity index (χ3n) is 3.39. The monoisotopic (exact) mass is 258 g/mol. The van der Waals surface area contributed by atoms with Gasteiger partial charge in [-0.2, -0.15) is 0 Å². The van der Waals surface area contributed by atoms with Gasteiger partial charge in [-0.1, -0.05) is 12.6 Å². The molecule has 1 aliphatic heterocycles. The summed E-state index contributed by atoms with van der Waals surface area (Å²) in [6.07, 6.45) is 2.72. The molecule has 1 aromatic heterocycles. The van der Waals surface area contributed by atoms with E-state index in [0.717, 1.165) is 36.8 Å². The smallest absolute Gasteiger partial charge is 0.134 e. The van der Waals surface area contributed by atoms with Crippen molar-refractivity contribution >= 4 is 12.0 Å². The molecule has 4 heteroatoms. The van der Waals surface area contributed by atoms with Crippen LogP contribution in [0.5, 0.6) is 0 Å². The Morgan fingerprint density at radius 3 is 2.89 bits per heavy atom. The Bertz CT molecular complexity index is 481. The molecule has 0 aromatic carbocycles. The van der Waals surface area contributed by atoms with Crippen LogP contribution in [-0.2, 0) is 6.42 Å². The van der Waals surface area contributed by atoms with Crippen molar-refractivity contribution in [2.45, 2.75) is 26.3 Å². The third-order valence-corrected chi connectivity index (χ3v) is 3.39. The molecule has 0 spiro atoms. The molecule has 1 aliphatic rings. The molecule has 1 aromatic rings. The molecule has 19 heavy (non-hydrogen) atoms. The highest BCUT2D eigenvalue weighted by Gasteiger charge is 2.22. The fraction of sp³-hybridized carbons (Fsp3) is 0.467. The standard InChI is InChI=1S/C15H22N4/c1-5-16-12(2)11-14-7-6-8-15(17-14)19-10-9-18(4)13(19)3/h5-8,12H,3,9-11H2,1-2,4H3/b16-5-. The number of anilines is 1. The molecule has 0 N–H and O–H groups in total. The molecular formula is C15H22N4.